The van der Waals surface area contributed by atoms with Crippen LogP contribution < -0.4 is 5.32 Å². The number of pyridine rings is 1. The largest absolute Gasteiger partial charge is 0.378 e. The van der Waals surface area contributed by atoms with E-state index in [0.717, 1.165) is 11.1 Å². The van der Waals surface area contributed by atoms with Gasteiger partial charge in [-0.15, -0.1) is 0 Å². The standard InChI is InChI=1S/C15H14Cl2N2O2/c1-9-2-10(7-18-6-9)8-19-15(21)14(20)11-3-12(16)5-13(17)4-11/h2-7,14,20H,8H2,1H3,(H,19,21)/t14-/m0/s1. The average Bonchev–Trinajstić information content (AvgIpc) is 2.43. The number of aliphatic hydroxyl groups excluding tert-OH is 1. The highest BCUT2D eigenvalue weighted by Crippen LogP contribution is 2.23. The molecule has 0 bridgehead atoms. The topological polar surface area (TPSA) is 62.2 Å². The Labute approximate surface area is 132 Å². The van der Waals surface area contributed by atoms with Crippen molar-refractivity contribution in [2.24, 2.45) is 0 Å². The predicted molar refractivity (Wildman–Crippen MR) is 82.2 cm³/mol. The minimum atomic E-state index is -1.32. The molecule has 0 aliphatic heterocycles. The molecule has 0 aliphatic rings. The van der Waals surface area contributed by atoms with Crippen LogP contribution in [0.3, 0.4) is 0 Å². The lowest BCUT2D eigenvalue weighted by Crippen LogP contribution is -2.28. The van der Waals surface area contributed by atoms with E-state index in [0.29, 0.717) is 22.2 Å². The van der Waals surface area contributed by atoms with Gasteiger partial charge in [-0.05, 0) is 41.8 Å². The highest BCUT2D eigenvalue weighted by atomic mass is 35.5. The number of aliphatic hydroxyl groups is 1. The Morgan fingerprint density at radius 3 is 2.52 bits per heavy atom. The third-order valence-corrected chi connectivity index (χ3v) is 3.28. The van der Waals surface area contributed by atoms with Gasteiger partial charge < -0.3 is 10.4 Å². The Morgan fingerprint density at radius 2 is 1.90 bits per heavy atom. The van der Waals surface area contributed by atoms with E-state index >= 15 is 0 Å². The van der Waals surface area contributed by atoms with Crippen molar-refractivity contribution >= 4 is 29.1 Å². The van der Waals surface area contributed by atoms with Gasteiger partial charge in [0, 0.05) is 29.0 Å². The van der Waals surface area contributed by atoms with Crippen LogP contribution in [0.4, 0.5) is 0 Å². The Bertz CT molecular complexity index is 642. The first-order valence-electron chi connectivity index (χ1n) is 6.28. The van der Waals surface area contributed by atoms with Crippen molar-refractivity contribution in [1.29, 1.82) is 0 Å². The minimum Gasteiger partial charge on any atom is -0.378 e. The maximum Gasteiger partial charge on any atom is 0.253 e. The molecule has 21 heavy (non-hydrogen) atoms. The summed E-state index contributed by atoms with van der Waals surface area (Å²) >= 11 is 11.7. The maximum atomic E-state index is 12.0. The zero-order valence-corrected chi connectivity index (χ0v) is 12.8. The third kappa shape index (κ3) is 4.43. The van der Waals surface area contributed by atoms with Crippen molar-refractivity contribution in [3.05, 3.63) is 63.4 Å². The van der Waals surface area contributed by atoms with Crippen LogP contribution in [0.15, 0.2) is 36.7 Å². The number of nitrogens with one attached hydrogen (secondary N) is 1. The van der Waals surface area contributed by atoms with Gasteiger partial charge in [0.15, 0.2) is 6.10 Å². The van der Waals surface area contributed by atoms with E-state index in [1.807, 2.05) is 13.0 Å². The molecule has 1 heterocycles. The van der Waals surface area contributed by atoms with Crippen LogP contribution in [-0.4, -0.2) is 16.0 Å². The Morgan fingerprint density at radius 1 is 1.24 bits per heavy atom. The summed E-state index contributed by atoms with van der Waals surface area (Å²) in [5.74, 6) is -0.519. The molecule has 2 aromatic rings. The Hall–Kier alpha value is -1.62. The summed E-state index contributed by atoms with van der Waals surface area (Å²) in [7, 11) is 0. The highest BCUT2D eigenvalue weighted by molar-refractivity contribution is 6.34. The second-order valence-electron chi connectivity index (χ2n) is 4.69. The van der Waals surface area contributed by atoms with Crippen LogP contribution in [0.25, 0.3) is 0 Å². The first-order chi connectivity index (χ1) is 9.95. The molecule has 1 aromatic carbocycles. The molecule has 1 amide bonds. The fourth-order valence-electron chi connectivity index (χ4n) is 1.88. The number of carbonyl (C=O) groups is 1. The lowest BCUT2D eigenvalue weighted by Gasteiger charge is -2.12. The SMILES string of the molecule is Cc1cncc(CNC(=O)[C@@H](O)c2cc(Cl)cc(Cl)c2)c1. The van der Waals surface area contributed by atoms with Crippen LogP contribution in [-0.2, 0) is 11.3 Å². The molecular formula is C15H14Cl2N2O2. The fourth-order valence-corrected chi connectivity index (χ4v) is 2.43. The van der Waals surface area contributed by atoms with Gasteiger partial charge >= 0.3 is 0 Å². The number of aromatic nitrogens is 1. The third-order valence-electron chi connectivity index (χ3n) is 2.85. The molecule has 2 N–H and O–H groups in total. The molecule has 1 atom stereocenters. The number of hydrogen-bond donors (Lipinski definition) is 2. The van der Waals surface area contributed by atoms with E-state index in [1.165, 1.54) is 18.2 Å². The number of carbonyl (C=O) groups excluding carboxylic acids is 1. The molecule has 0 spiro atoms. The van der Waals surface area contributed by atoms with Crippen molar-refractivity contribution in [3.8, 4) is 0 Å². The summed E-state index contributed by atoms with van der Waals surface area (Å²) in [5.41, 5.74) is 2.22. The zero-order chi connectivity index (χ0) is 15.4. The molecule has 0 unspecified atom stereocenters. The first-order valence-corrected chi connectivity index (χ1v) is 7.03. The summed E-state index contributed by atoms with van der Waals surface area (Å²) in [6, 6.07) is 6.46. The summed E-state index contributed by atoms with van der Waals surface area (Å²) in [4.78, 5) is 16.0. The summed E-state index contributed by atoms with van der Waals surface area (Å²) in [6.45, 7) is 2.21. The smallest absolute Gasteiger partial charge is 0.253 e. The quantitative estimate of drug-likeness (QED) is 0.908. The molecule has 0 radical (unpaired) electrons. The highest BCUT2D eigenvalue weighted by Gasteiger charge is 2.18. The summed E-state index contributed by atoms with van der Waals surface area (Å²) in [6.07, 6.45) is 2.07. The fraction of sp³-hybridized carbons (Fsp3) is 0.200. The van der Waals surface area contributed by atoms with Gasteiger partial charge in [-0.25, -0.2) is 0 Å². The van der Waals surface area contributed by atoms with Crippen molar-refractivity contribution in [3.63, 3.8) is 0 Å². The van der Waals surface area contributed by atoms with E-state index in [2.05, 4.69) is 10.3 Å². The molecule has 1 aromatic heterocycles. The molecule has 6 heteroatoms. The van der Waals surface area contributed by atoms with Crippen LogP contribution in [0.5, 0.6) is 0 Å². The van der Waals surface area contributed by atoms with Crippen molar-refractivity contribution in [2.45, 2.75) is 19.6 Å². The Balaban J connectivity index is 2.02. The second kappa shape index (κ2) is 6.89. The van der Waals surface area contributed by atoms with Gasteiger partial charge in [0.1, 0.15) is 0 Å². The van der Waals surface area contributed by atoms with E-state index in [-0.39, 0.29) is 0 Å². The van der Waals surface area contributed by atoms with Crippen molar-refractivity contribution < 1.29 is 9.90 Å². The minimum absolute atomic E-state index is 0.291. The van der Waals surface area contributed by atoms with Crippen LogP contribution in [0, 0.1) is 6.92 Å². The van der Waals surface area contributed by atoms with E-state index in [1.54, 1.807) is 12.4 Å². The summed E-state index contributed by atoms with van der Waals surface area (Å²) in [5, 5.41) is 13.4. The summed E-state index contributed by atoms with van der Waals surface area (Å²) < 4.78 is 0. The van der Waals surface area contributed by atoms with Crippen molar-refractivity contribution in [1.82, 2.24) is 10.3 Å². The number of amides is 1. The molecule has 0 fully saturated rings. The molecule has 0 saturated heterocycles. The average molecular weight is 325 g/mol. The number of aryl methyl sites for hydroxylation is 1. The van der Waals surface area contributed by atoms with Gasteiger partial charge in [-0.3, -0.25) is 9.78 Å². The van der Waals surface area contributed by atoms with Crippen LogP contribution in [0.2, 0.25) is 10.0 Å². The van der Waals surface area contributed by atoms with E-state index < -0.39 is 12.0 Å². The normalized spacial score (nSPS) is 12.0. The number of nitrogens with zero attached hydrogens (tertiary/aromatic N) is 1. The van der Waals surface area contributed by atoms with E-state index in [4.69, 9.17) is 23.2 Å². The van der Waals surface area contributed by atoms with Crippen molar-refractivity contribution in [2.75, 3.05) is 0 Å². The molecule has 0 saturated carbocycles. The zero-order valence-electron chi connectivity index (χ0n) is 11.3. The van der Waals surface area contributed by atoms with Gasteiger partial charge in [-0.2, -0.15) is 0 Å². The van der Waals surface area contributed by atoms with Gasteiger partial charge in [-0.1, -0.05) is 29.3 Å². The molecule has 110 valence electrons. The first kappa shape index (κ1) is 15.8. The second-order valence-corrected chi connectivity index (χ2v) is 5.57. The number of halogens is 2. The number of rotatable bonds is 4. The van der Waals surface area contributed by atoms with Crippen LogP contribution in [0.1, 0.15) is 22.8 Å². The molecule has 2 rings (SSSR count). The number of benzene rings is 1. The maximum absolute atomic E-state index is 12.0. The molecule has 4 nitrogen and oxygen atoms in total. The van der Waals surface area contributed by atoms with Gasteiger partial charge in [0.2, 0.25) is 0 Å². The lowest BCUT2D eigenvalue weighted by molar-refractivity contribution is -0.129. The number of hydrogen-bond acceptors (Lipinski definition) is 3. The predicted octanol–water partition coefficient (Wildman–Crippen LogP) is 3.05. The Kier molecular flexibility index (Phi) is 5.17. The molecular weight excluding hydrogens is 311 g/mol. The lowest BCUT2D eigenvalue weighted by atomic mass is 10.1. The monoisotopic (exact) mass is 324 g/mol. The van der Waals surface area contributed by atoms with E-state index in [9.17, 15) is 9.90 Å². The van der Waals surface area contributed by atoms with Gasteiger partial charge in [0.05, 0.1) is 0 Å². The van der Waals surface area contributed by atoms with Gasteiger partial charge in [0.25, 0.3) is 5.91 Å². The molecule has 0 aliphatic carbocycles. The van der Waals surface area contributed by atoms with Crippen LogP contribution >= 0.6 is 23.2 Å².